The molecule has 0 spiro atoms. The van der Waals surface area contributed by atoms with Crippen LogP contribution >= 0.6 is 7.14 Å². The Hall–Kier alpha value is -4.32. The summed E-state index contributed by atoms with van der Waals surface area (Å²) < 4.78 is 37.9. The van der Waals surface area contributed by atoms with Crippen molar-refractivity contribution in [3.8, 4) is 23.0 Å². The van der Waals surface area contributed by atoms with Gasteiger partial charge in [0.1, 0.15) is 7.14 Å². The van der Waals surface area contributed by atoms with Crippen molar-refractivity contribution in [1.82, 2.24) is 14.7 Å². The predicted molar refractivity (Wildman–Crippen MR) is 193 cm³/mol. The number of carbonyl (C=O) groups is 2. The van der Waals surface area contributed by atoms with Crippen molar-refractivity contribution < 1.29 is 38.2 Å². The van der Waals surface area contributed by atoms with Gasteiger partial charge in [0.2, 0.25) is 0 Å². The molecule has 4 aliphatic heterocycles. The van der Waals surface area contributed by atoms with Crippen LogP contribution in [-0.4, -0.2) is 136 Å². The first kappa shape index (κ1) is 35.5. The number of carbonyl (C=O) groups excluding carboxylic acids is 2. The zero-order valence-electron chi connectivity index (χ0n) is 29.0. The first-order chi connectivity index (χ1) is 24.0. The fourth-order valence-electron chi connectivity index (χ4n) is 7.02. The smallest absolute Gasteiger partial charge is 0.257 e. The van der Waals surface area contributed by atoms with Crippen LogP contribution in [0.15, 0.2) is 53.6 Å². The maximum atomic E-state index is 14.4. The highest BCUT2D eigenvalue weighted by Gasteiger charge is 2.36. The molecule has 4 heterocycles. The van der Waals surface area contributed by atoms with Crippen molar-refractivity contribution in [3.63, 3.8) is 0 Å². The minimum absolute atomic E-state index is 0.0429. The number of likely N-dealkylation sites (N-methyl/N-ethyl adjacent to an activating group) is 1. The summed E-state index contributed by atoms with van der Waals surface area (Å²) in [6, 6.07) is 6.71. The van der Waals surface area contributed by atoms with E-state index in [0.29, 0.717) is 78.1 Å². The van der Waals surface area contributed by atoms with E-state index in [4.69, 9.17) is 18.9 Å². The molecule has 1 unspecified atom stereocenters. The van der Waals surface area contributed by atoms with E-state index in [-0.39, 0.29) is 62.3 Å². The quantitative estimate of drug-likeness (QED) is 0.218. The second-order valence-electron chi connectivity index (χ2n) is 13.4. The standard InChI is InChI=1S/C36H46N5O8P/c1-23-12-25-18-37-29-16-33(31(46-4)14-27(29)35(43)40(25)20-23)48-8-10-50(45,22-39(3)6-7-42)11-9-49-34-17-30-28(15-32(34)47-5)36(44)41-21-24(2)13-26(41)19-38-30/h14-18,25-26,38,42H,1-2,6-13,19-22H2,3-5H3/t25-,26-,50?/m0/s1. The maximum Gasteiger partial charge on any atom is 0.257 e. The molecule has 0 bridgehead atoms. The minimum Gasteiger partial charge on any atom is -0.493 e. The monoisotopic (exact) mass is 707 g/mol. The molecule has 2 aromatic rings. The molecule has 6 rings (SSSR count). The Labute approximate surface area is 292 Å². The molecule has 4 aliphatic rings. The number of aliphatic hydroxyl groups is 1. The van der Waals surface area contributed by atoms with E-state index in [1.54, 1.807) is 35.4 Å². The van der Waals surface area contributed by atoms with Gasteiger partial charge in [0.15, 0.2) is 23.0 Å². The van der Waals surface area contributed by atoms with Crippen LogP contribution in [0.1, 0.15) is 33.6 Å². The van der Waals surface area contributed by atoms with Crippen molar-refractivity contribution in [2.75, 3.05) is 91.2 Å². The molecule has 0 aliphatic carbocycles. The normalized spacial score (nSPS) is 20.7. The lowest BCUT2D eigenvalue weighted by molar-refractivity contribution is 0.0750. The Kier molecular flexibility index (Phi) is 10.6. The number of aliphatic imine (C=N–C) groups is 1. The Balaban J connectivity index is 1.14. The molecule has 13 nitrogen and oxygen atoms in total. The molecule has 2 N–H and O–H groups in total. The molecule has 14 heteroatoms. The lowest BCUT2D eigenvalue weighted by Gasteiger charge is -2.25. The molecule has 50 heavy (non-hydrogen) atoms. The number of hydrogen-bond acceptors (Lipinski definition) is 11. The summed E-state index contributed by atoms with van der Waals surface area (Å²) in [7, 11) is 1.90. The fourth-order valence-corrected chi connectivity index (χ4v) is 9.40. The number of anilines is 1. The van der Waals surface area contributed by atoms with Crippen LogP contribution in [0.3, 0.4) is 0 Å². The molecule has 2 amide bonds. The Bertz CT molecular complexity index is 1760. The lowest BCUT2D eigenvalue weighted by Crippen LogP contribution is -2.36. The van der Waals surface area contributed by atoms with E-state index in [1.165, 1.54) is 14.2 Å². The van der Waals surface area contributed by atoms with Gasteiger partial charge in [-0.15, -0.1) is 0 Å². The number of aliphatic hydroxyl groups excluding tert-OH is 1. The summed E-state index contributed by atoms with van der Waals surface area (Å²) in [4.78, 5) is 36.8. The average Bonchev–Trinajstić information content (AvgIpc) is 3.59. The number of methoxy groups -OCH3 is 2. The lowest BCUT2D eigenvalue weighted by atomic mass is 10.1. The van der Waals surface area contributed by atoms with Crippen LogP contribution in [0, 0.1) is 0 Å². The van der Waals surface area contributed by atoms with Crippen LogP contribution in [0.25, 0.3) is 0 Å². The summed E-state index contributed by atoms with van der Waals surface area (Å²) >= 11 is 0. The van der Waals surface area contributed by atoms with Crippen LogP contribution in [0.4, 0.5) is 11.4 Å². The van der Waals surface area contributed by atoms with E-state index < -0.39 is 7.14 Å². The predicted octanol–water partition coefficient (Wildman–Crippen LogP) is 4.09. The molecule has 2 fully saturated rings. The number of amides is 2. The van der Waals surface area contributed by atoms with Crippen LogP contribution in [0.2, 0.25) is 0 Å². The number of rotatable bonds is 14. The molecule has 0 radical (unpaired) electrons. The summed E-state index contributed by atoms with van der Waals surface area (Å²) in [6.07, 6.45) is 3.93. The number of ether oxygens (including phenoxy) is 4. The maximum absolute atomic E-state index is 14.4. The van der Waals surface area contributed by atoms with Gasteiger partial charge >= 0.3 is 0 Å². The topological polar surface area (TPSA) is 142 Å². The third-order valence-corrected chi connectivity index (χ3v) is 12.6. The van der Waals surface area contributed by atoms with Crippen LogP contribution in [-0.2, 0) is 4.57 Å². The summed E-state index contributed by atoms with van der Waals surface area (Å²) in [5.74, 6) is 1.42. The van der Waals surface area contributed by atoms with E-state index in [9.17, 15) is 19.3 Å². The summed E-state index contributed by atoms with van der Waals surface area (Å²) in [6.45, 7) is 10.3. The molecule has 2 saturated heterocycles. The first-order valence-electron chi connectivity index (χ1n) is 16.8. The average molecular weight is 708 g/mol. The Morgan fingerprint density at radius 2 is 1.54 bits per heavy atom. The van der Waals surface area contributed by atoms with Gasteiger partial charge < -0.3 is 43.7 Å². The number of fused-ring (bicyclic) bond motifs is 4. The van der Waals surface area contributed by atoms with E-state index in [2.05, 4.69) is 23.5 Å². The highest BCUT2D eigenvalue weighted by Crippen LogP contribution is 2.47. The molecule has 3 atom stereocenters. The highest BCUT2D eigenvalue weighted by molar-refractivity contribution is 7.63. The zero-order valence-corrected chi connectivity index (χ0v) is 29.9. The molecular formula is C36H46N5O8P. The van der Waals surface area contributed by atoms with Crippen LogP contribution in [0.5, 0.6) is 23.0 Å². The molecule has 268 valence electrons. The SMILES string of the molecule is C=C1C[C@H]2CNc3cc(OCCP(=O)(CCOc4cc5c(cc4OC)C(=O)N4CC(=C)C[C@H]4C=N5)CN(C)CCO)c(OC)cc3C(=O)N2C1. The number of nitrogens with zero attached hydrogens (tertiary/aromatic N) is 4. The van der Waals surface area contributed by atoms with Crippen molar-refractivity contribution in [2.24, 2.45) is 4.99 Å². The second kappa shape index (κ2) is 14.9. The van der Waals surface area contributed by atoms with Crippen molar-refractivity contribution >= 4 is 36.5 Å². The van der Waals surface area contributed by atoms with E-state index in [0.717, 1.165) is 17.6 Å². The Morgan fingerprint density at radius 3 is 2.22 bits per heavy atom. The molecule has 0 aromatic heterocycles. The number of hydrogen-bond donors (Lipinski definition) is 2. The van der Waals surface area contributed by atoms with Gasteiger partial charge in [-0.2, -0.15) is 0 Å². The zero-order chi connectivity index (χ0) is 35.6. The van der Waals surface area contributed by atoms with Gasteiger partial charge in [-0.1, -0.05) is 24.3 Å². The first-order valence-corrected chi connectivity index (χ1v) is 19.1. The van der Waals surface area contributed by atoms with Crippen molar-refractivity contribution in [1.29, 1.82) is 0 Å². The Morgan fingerprint density at radius 1 is 0.920 bits per heavy atom. The number of nitrogens with one attached hydrogen (secondary N) is 1. The van der Waals surface area contributed by atoms with Gasteiger partial charge in [0.25, 0.3) is 11.8 Å². The molecule has 2 aromatic carbocycles. The van der Waals surface area contributed by atoms with Gasteiger partial charge in [0.05, 0.1) is 74.9 Å². The second-order valence-corrected chi connectivity index (χ2v) is 16.7. The van der Waals surface area contributed by atoms with E-state index in [1.807, 2.05) is 16.8 Å². The van der Waals surface area contributed by atoms with Gasteiger partial charge in [-0.3, -0.25) is 19.5 Å². The summed E-state index contributed by atoms with van der Waals surface area (Å²) in [5, 5.41) is 12.9. The van der Waals surface area contributed by atoms with Crippen LogP contribution < -0.4 is 24.3 Å². The van der Waals surface area contributed by atoms with Gasteiger partial charge in [-0.05, 0) is 32.0 Å². The van der Waals surface area contributed by atoms with E-state index >= 15 is 0 Å². The molecule has 0 saturated carbocycles. The van der Waals surface area contributed by atoms with Gasteiger partial charge in [-0.25, -0.2) is 0 Å². The van der Waals surface area contributed by atoms with Crippen molar-refractivity contribution in [3.05, 3.63) is 59.7 Å². The third kappa shape index (κ3) is 7.40. The minimum atomic E-state index is -2.94. The summed E-state index contributed by atoms with van der Waals surface area (Å²) in [5.41, 5.74) is 4.11. The van der Waals surface area contributed by atoms with Crippen molar-refractivity contribution in [2.45, 2.75) is 24.9 Å². The third-order valence-electron chi connectivity index (χ3n) is 9.63. The highest BCUT2D eigenvalue weighted by atomic mass is 31.2. The van der Waals surface area contributed by atoms with Gasteiger partial charge in [0, 0.05) is 56.9 Å². The fraction of sp³-hybridized carbons (Fsp3) is 0.472. The number of benzene rings is 2. The molecular weight excluding hydrogens is 661 g/mol. The largest absolute Gasteiger partial charge is 0.493 e.